The van der Waals surface area contributed by atoms with E-state index in [0.29, 0.717) is 11.7 Å². The SMILES string of the molecule is O=C(c1nccc2ccccc12)N(CCBr)C1CCCC1. The van der Waals surface area contributed by atoms with Crippen LogP contribution >= 0.6 is 15.9 Å². The van der Waals surface area contributed by atoms with Gasteiger partial charge in [-0.3, -0.25) is 9.78 Å². The Morgan fingerprint density at radius 1 is 1.24 bits per heavy atom. The number of rotatable bonds is 4. The highest BCUT2D eigenvalue weighted by molar-refractivity contribution is 9.09. The summed E-state index contributed by atoms with van der Waals surface area (Å²) in [6.45, 7) is 0.744. The van der Waals surface area contributed by atoms with Crippen molar-refractivity contribution in [2.24, 2.45) is 0 Å². The Labute approximate surface area is 133 Å². The molecule has 3 rings (SSSR count). The standard InChI is InChI=1S/C17H19BrN2O/c18-10-12-20(14-6-2-3-7-14)17(21)16-15-8-4-1-5-13(15)9-11-19-16/h1,4-5,8-9,11,14H,2-3,6-7,10,12H2. The summed E-state index contributed by atoms with van der Waals surface area (Å²) in [5.41, 5.74) is 0.584. The summed E-state index contributed by atoms with van der Waals surface area (Å²) < 4.78 is 0. The molecule has 1 aromatic heterocycles. The van der Waals surface area contributed by atoms with Crippen molar-refractivity contribution in [1.82, 2.24) is 9.88 Å². The molecule has 0 bridgehead atoms. The van der Waals surface area contributed by atoms with E-state index in [1.165, 1.54) is 12.8 Å². The van der Waals surface area contributed by atoms with Gasteiger partial charge in [0.1, 0.15) is 5.69 Å². The number of halogens is 1. The van der Waals surface area contributed by atoms with Crippen molar-refractivity contribution in [3.63, 3.8) is 0 Å². The van der Waals surface area contributed by atoms with E-state index in [1.807, 2.05) is 35.2 Å². The summed E-state index contributed by atoms with van der Waals surface area (Å²) in [4.78, 5) is 19.4. The second kappa shape index (κ2) is 6.56. The summed E-state index contributed by atoms with van der Waals surface area (Å²) in [5.74, 6) is 0.0677. The highest BCUT2D eigenvalue weighted by Gasteiger charge is 2.28. The van der Waals surface area contributed by atoms with Gasteiger partial charge in [0.2, 0.25) is 0 Å². The molecule has 1 aliphatic rings. The van der Waals surface area contributed by atoms with Crippen molar-refractivity contribution in [1.29, 1.82) is 0 Å². The number of amides is 1. The van der Waals surface area contributed by atoms with E-state index in [9.17, 15) is 4.79 Å². The van der Waals surface area contributed by atoms with E-state index in [0.717, 1.165) is 35.5 Å². The molecular weight excluding hydrogens is 328 g/mol. The van der Waals surface area contributed by atoms with E-state index in [2.05, 4.69) is 20.9 Å². The highest BCUT2D eigenvalue weighted by Crippen LogP contribution is 2.26. The molecule has 0 unspecified atom stereocenters. The van der Waals surface area contributed by atoms with Gasteiger partial charge in [-0.25, -0.2) is 0 Å². The Morgan fingerprint density at radius 3 is 2.76 bits per heavy atom. The molecule has 3 nitrogen and oxygen atoms in total. The molecule has 0 aliphatic heterocycles. The maximum atomic E-state index is 13.0. The zero-order chi connectivity index (χ0) is 14.7. The van der Waals surface area contributed by atoms with E-state index in [4.69, 9.17) is 0 Å². The molecule has 21 heavy (non-hydrogen) atoms. The number of carbonyl (C=O) groups excluding carboxylic acids is 1. The van der Waals surface area contributed by atoms with Crippen LogP contribution in [0, 0.1) is 0 Å². The molecule has 4 heteroatoms. The number of hydrogen-bond donors (Lipinski definition) is 0. The molecule has 0 N–H and O–H groups in total. The quantitative estimate of drug-likeness (QED) is 0.783. The maximum absolute atomic E-state index is 13.0. The van der Waals surface area contributed by atoms with Crippen molar-refractivity contribution >= 4 is 32.6 Å². The molecular formula is C17H19BrN2O. The Kier molecular flexibility index (Phi) is 4.54. The van der Waals surface area contributed by atoms with Crippen LogP contribution in [-0.4, -0.2) is 33.7 Å². The molecule has 0 atom stereocenters. The number of alkyl halides is 1. The topological polar surface area (TPSA) is 33.2 Å². The van der Waals surface area contributed by atoms with Gasteiger partial charge in [0, 0.05) is 29.5 Å². The first kappa shape index (κ1) is 14.5. The summed E-state index contributed by atoms with van der Waals surface area (Å²) in [7, 11) is 0. The zero-order valence-corrected chi connectivity index (χ0v) is 13.6. The first-order valence-electron chi connectivity index (χ1n) is 7.52. The zero-order valence-electron chi connectivity index (χ0n) is 12.0. The first-order chi connectivity index (χ1) is 10.3. The van der Waals surface area contributed by atoms with Gasteiger partial charge in [-0.15, -0.1) is 0 Å². The Balaban J connectivity index is 1.97. The molecule has 110 valence electrons. The minimum Gasteiger partial charge on any atom is -0.333 e. The number of hydrogen-bond acceptors (Lipinski definition) is 2. The van der Waals surface area contributed by atoms with E-state index in [1.54, 1.807) is 6.20 Å². The van der Waals surface area contributed by atoms with Crippen LogP contribution in [0.5, 0.6) is 0 Å². The van der Waals surface area contributed by atoms with Crippen molar-refractivity contribution in [3.05, 3.63) is 42.2 Å². The minimum atomic E-state index is 0.0677. The lowest BCUT2D eigenvalue weighted by molar-refractivity contribution is 0.0692. The third kappa shape index (κ3) is 2.95. The van der Waals surface area contributed by atoms with Crippen LogP contribution in [0.25, 0.3) is 10.8 Å². The van der Waals surface area contributed by atoms with Crippen molar-refractivity contribution in [2.75, 3.05) is 11.9 Å². The molecule has 2 aromatic rings. The van der Waals surface area contributed by atoms with E-state index < -0.39 is 0 Å². The summed E-state index contributed by atoms with van der Waals surface area (Å²) in [6.07, 6.45) is 6.41. The van der Waals surface area contributed by atoms with Gasteiger partial charge >= 0.3 is 0 Å². The highest BCUT2D eigenvalue weighted by atomic mass is 79.9. The van der Waals surface area contributed by atoms with Gasteiger partial charge in [-0.2, -0.15) is 0 Å². The monoisotopic (exact) mass is 346 g/mol. The van der Waals surface area contributed by atoms with Crippen LogP contribution in [0.3, 0.4) is 0 Å². The van der Waals surface area contributed by atoms with Crippen LogP contribution in [0.15, 0.2) is 36.5 Å². The van der Waals surface area contributed by atoms with Crippen molar-refractivity contribution < 1.29 is 4.79 Å². The van der Waals surface area contributed by atoms with Crippen LogP contribution in [-0.2, 0) is 0 Å². The van der Waals surface area contributed by atoms with Crippen LogP contribution in [0.1, 0.15) is 36.2 Å². The summed E-state index contributed by atoms with van der Waals surface area (Å²) in [5, 5.41) is 2.82. The number of pyridine rings is 1. The fraction of sp³-hybridized carbons (Fsp3) is 0.412. The lowest BCUT2D eigenvalue weighted by Crippen LogP contribution is -2.40. The Morgan fingerprint density at radius 2 is 2.00 bits per heavy atom. The second-order valence-corrected chi connectivity index (χ2v) is 6.30. The van der Waals surface area contributed by atoms with E-state index >= 15 is 0 Å². The van der Waals surface area contributed by atoms with Gasteiger partial charge in [0.05, 0.1) is 0 Å². The first-order valence-corrected chi connectivity index (χ1v) is 8.64. The van der Waals surface area contributed by atoms with Gasteiger partial charge in [0.25, 0.3) is 5.91 Å². The largest absolute Gasteiger partial charge is 0.333 e. The van der Waals surface area contributed by atoms with Crippen LogP contribution in [0.2, 0.25) is 0 Å². The normalized spacial score (nSPS) is 15.5. The smallest absolute Gasteiger partial charge is 0.273 e. The van der Waals surface area contributed by atoms with Gasteiger partial charge in [-0.05, 0) is 24.3 Å². The van der Waals surface area contributed by atoms with Gasteiger partial charge < -0.3 is 4.90 Å². The van der Waals surface area contributed by atoms with Crippen LogP contribution in [0.4, 0.5) is 0 Å². The summed E-state index contributed by atoms with van der Waals surface area (Å²) >= 11 is 3.47. The summed E-state index contributed by atoms with van der Waals surface area (Å²) in [6, 6.07) is 10.3. The minimum absolute atomic E-state index is 0.0677. The molecule has 1 aliphatic carbocycles. The van der Waals surface area contributed by atoms with Gasteiger partial charge in [0.15, 0.2) is 0 Å². The fourth-order valence-electron chi connectivity index (χ4n) is 3.18. The molecule has 1 amide bonds. The predicted molar refractivity (Wildman–Crippen MR) is 88.8 cm³/mol. The number of nitrogens with zero attached hydrogens (tertiary/aromatic N) is 2. The molecule has 1 aromatic carbocycles. The molecule has 0 radical (unpaired) electrons. The third-order valence-corrected chi connectivity index (χ3v) is 4.58. The molecule has 1 heterocycles. The number of carbonyl (C=O) groups is 1. The molecule has 1 fully saturated rings. The molecule has 0 spiro atoms. The Hall–Kier alpha value is -1.42. The number of benzene rings is 1. The van der Waals surface area contributed by atoms with Gasteiger partial charge in [-0.1, -0.05) is 53.0 Å². The molecule has 0 saturated heterocycles. The average molecular weight is 347 g/mol. The molecule has 1 saturated carbocycles. The number of aromatic nitrogens is 1. The van der Waals surface area contributed by atoms with Crippen LogP contribution < -0.4 is 0 Å². The van der Waals surface area contributed by atoms with Crippen molar-refractivity contribution in [3.8, 4) is 0 Å². The fourth-order valence-corrected chi connectivity index (χ4v) is 3.57. The van der Waals surface area contributed by atoms with Crippen molar-refractivity contribution in [2.45, 2.75) is 31.7 Å². The lowest BCUT2D eigenvalue weighted by atomic mass is 10.1. The van der Waals surface area contributed by atoms with E-state index in [-0.39, 0.29) is 5.91 Å². The second-order valence-electron chi connectivity index (χ2n) is 5.51. The third-order valence-electron chi connectivity index (χ3n) is 4.23. The maximum Gasteiger partial charge on any atom is 0.273 e. The lowest BCUT2D eigenvalue weighted by Gasteiger charge is -2.28. The average Bonchev–Trinajstić information content (AvgIpc) is 3.05. The predicted octanol–water partition coefficient (Wildman–Crippen LogP) is 4.01. The number of fused-ring (bicyclic) bond motifs is 1. The Bertz CT molecular complexity index is 632.